The summed E-state index contributed by atoms with van der Waals surface area (Å²) >= 11 is 0. The van der Waals surface area contributed by atoms with Crippen molar-refractivity contribution in [2.24, 2.45) is 0 Å². The van der Waals surface area contributed by atoms with Crippen LogP contribution in [0.5, 0.6) is 0 Å². The summed E-state index contributed by atoms with van der Waals surface area (Å²) in [6, 6.07) is 0. The molecule has 0 spiro atoms. The predicted molar refractivity (Wildman–Crippen MR) is 125 cm³/mol. The number of allylic oxidation sites excluding steroid dienone is 11. The van der Waals surface area contributed by atoms with Crippen molar-refractivity contribution in [1.29, 1.82) is 0 Å². The number of esters is 1. The molecule has 29 heavy (non-hydrogen) atoms. The molecule has 0 saturated heterocycles. The number of carbonyl (C=O) groups excluding carboxylic acids is 1. The van der Waals surface area contributed by atoms with E-state index in [1.54, 1.807) is 6.92 Å². The lowest BCUT2D eigenvalue weighted by atomic mass is 10.2. The number of hydrogen-bond acceptors (Lipinski definition) is 3. The molecule has 0 fully saturated rings. The molecule has 0 aromatic heterocycles. The van der Waals surface area contributed by atoms with E-state index in [1.165, 1.54) is 0 Å². The Morgan fingerprint density at radius 2 is 1.03 bits per heavy atom. The molecule has 0 aliphatic rings. The van der Waals surface area contributed by atoms with Gasteiger partial charge in [0, 0.05) is 13.0 Å². The van der Waals surface area contributed by atoms with Gasteiger partial charge in [0.25, 0.3) is 0 Å². The van der Waals surface area contributed by atoms with E-state index in [0.29, 0.717) is 19.6 Å². The summed E-state index contributed by atoms with van der Waals surface area (Å²) < 4.78 is 10.4. The van der Waals surface area contributed by atoms with Crippen LogP contribution in [-0.4, -0.2) is 25.3 Å². The van der Waals surface area contributed by atoms with Crippen LogP contribution in [0.3, 0.4) is 0 Å². The van der Waals surface area contributed by atoms with Crippen LogP contribution >= 0.6 is 0 Å². The average Bonchev–Trinajstić information content (AvgIpc) is 2.72. The monoisotopic (exact) mass is 400 g/mol. The maximum Gasteiger partial charge on any atom is 0.335 e. The zero-order valence-electron chi connectivity index (χ0n) is 18.6. The van der Waals surface area contributed by atoms with Gasteiger partial charge in [0.1, 0.15) is 0 Å². The van der Waals surface area contributed by atoms with Crippen LogP contribution in [0, 0.1) is 0 Å². The average molecular weight is 401 g/mol. The fourth-order valence-electron chi connectivity index (χ4n) is 2.41. The summed E-state index contributed by atoms with van der Waals surface area (Å²) in [6.45, 7) is 6.72. The van der Waals surface area contributed by atoms with Crippen LogP contribution in [0.2, 0.25) is 0 Å². The first-order valence-electron chi connectivity index (χ1n) is 10.9. The smallest absolute Gasteiger partial charge is 0.335 e. The molecule has 0 rings (SSSR count). The third kappa shape index (κ3) is 19.0. The highest BCUT2D eigenvalue weighted by atomic mass is 16.6. The standard InChI is InChI=1S/C26H40O3/c1-4-7-8-9-10-11-12-13-14-15-16-17-18-19-20-21-22-23-24-25(28-5-2)26(27)29-6-3/h7-8,10-11,13-14,16-17,19-20,22-23,25H,4-6,9,12,15,18,21,24H2,1-3H3/b8-7-,11-10-,14-13-,17-16-,20-19-,23-22+. The minimum atomic E-state index is -0.496. The fourth-order valence-corrected chi connectivity index (χ4v) is 2.41. The van der Waals surface area contributed by atoms with Crippen molar-refractivity contribution >= 4 is 5.97 Å². The second-order valence-electron chi connectivity index (χ2n) is 6.35. The Hall–Kier alpha value is -2.13. The number of carbonyl (C=O) groups is 1. The topological polar surface area (TPSA) is 35.5 Å². The van der Waals surface area contributed by atoms with E-state index < -0.39 is 6.10 Å². The highest BCUT2D eigenvalue weighted by Crippen LogP contribution is 2.04. The van der Waals surface area contributed by atoms with E-state index in [-0.39, 0.29) is 5.97 Å². The van der Waals surface area contributed by atoms with E-state index in [9.17, 15) is 4.79 Å². The minimum Gasteiger partial charge on any atom is -0.464 e. The molecule has 3 heteroatoms. The molecule has 0 amide bonds. The van der Waals surface area contributed by atoms with Crippen molar-refractivity contribution in [3.8, 4) is 0 Å². The molecule has 0 N–H and O–H groups in total. The fraction of sp³-hybridized carbons (Fsp3) is 0.500. The van der Waals surface area contributed by atoms with Gasteiger partial charge < -0.3 is 9.47 Å². The Balaban J connectivity index is 3.81. The predicted octanol–water partition coefficient (Wildman–Crippen LogP) is 7.04. The van der Waals surface area contributed by atoms with Gasteiger partial charge in [-0.05, 0) is 52.4 Å². The van der Waals surface area contributed by atoms with Crippen molar-refractivity contribution in [2.75, 3.05) is 13.2 Å². The van der Waals surface area contributed by atoms with Gasteiger partial charge in [0.15, 0.2) is 6.10 Å². The molecule has 0 aromatic carbocycles. The molecule has 0 aliphatic carbocycles. The summed E-state index contributed by atoms with van der Waals surface area (Å²) in [4.78, 5) is 11.7. The summed E-state index contributed by atoms with van der Waals surface area (Å²) in [5.41, 5.74) is 0. The second-order valence-corrected chi connectivity index (χ2v) is 6.35. The summed E-state index contributed by atoms with van der Waals surface area (Å²) in [7, 11) is 0. The number of ether oxygens (including phenoxy) is 2. The molecular formula is C26H40O3. The molecule has 0 radical (unpaired) electrons. The number of rotatable bonds is 17. The molecule has 0 bridgehead atoms. The maximum absolute atomic E-state index is 11.7. The lowest BCUT2D eigenvalue weighted by Crippen LogP contribution is -2.26. The minimum absolute atomic E-state index is 0.283. The molecule has 0 heterocycles. The SMILES string of the molecule is CC/C=C\C/C=C\C/C=C\C/C=C\C/C=C\C/C=C/CC(OCC)C(=O)OCC. The van der Waals surface area contributed by atoms with Gasteiger partial charge in [-0.2, -0.15) is 0 Å². The maximum atomic E-state index is 11.7. The molecule has 0 saturated carbocycles. The van der Waals surface area contributed by atoms with E-state index in [2.05, 4.69) is 73.8 Å². The van der Waals surface area contributed by atoms with Crippen molar-refractivity contribution in [3.05, 3.63) is 72.9 Å². The van der Waals surface area contributed by atoms with Gasteiger partial charge in [0.05, 0.1) is 6.61 Å². The van der Waals surface area contributed by atoms with Crippen LogP contribution < -0.4 is 0 Å². The summed E-state index contributed by atoms with van der Waals surface area (Å²) in [5.74, 6) is -0.283. The van der Waals surface area contributed by atoms with Crippen LogP contribution in [0.4, 0.5) is 0 Å². The Morgan fingerprint density at radius 3 is 1.41 bits per heavy atom. The summed E-state index contributed by atoms with van der Waals surface area (Å²) in [5, 5.41) is 0. The first kappa shape index (κ1) is 26.9. The van der Waals surface area contributed by atoms with E-state index in [1.807, 2.05) is 13.0 Å². The van der Waals surface area contributed by atoms with Crippen molar-refractivity contribution in [3.63, 3.8) is 0 Å². The van der Waals surface area contributed by atoms with E-state index in [4.69, 9.17) is 9.47 Å². The van der Waals surface area contributed by atoms with Gasteiger partial charge in [-0.1, -0.05) is 79.8 Å². The molecule has 1 atom stereocenters. The second kappa shape index (κ2) is 22.2. The van der Waals surface area contributed by atoms with Gasteiger partial charge in [-0.3, -0.25) is 0 Å². The van der Waals surface area contributed by atoms with Gasteiger partial charge in [0.2, 0.25) is 0 Å². The van der Waals surface area contributed by atoms with E-state index >= 15 is 0 Å². The largest absolute Gasteiger partial charge is 0.464 e. The first-order chi connectivity index (χ1) is 14.3. The van der Waals surface area contributed by atoms with Crippen LogP contribution in [-0.2, 0) is 14.3 Å². The Labute approximate surface area is 178 Å². The lowest BCUT2D eigenvalue weighted by molar-refractivity contribution is -0.156. The third-order valence-corrected chi connectivity index (χ3v) is 3.86. The van der Waals surface area contributed by atoms with E-state index in [0.717, 1.165) is 38.5 Å². The molecule has 1 unspecified atom stereocenters. The zero-order valence-corrected chi connectivity index (χ0v) is 18.6. The quantitative estimate of drug-likeness (QED) is 0.194. The van der Waals surface area contributed by atoms with Crippen molar-refractivity contribution in [1.82, 2.24) is 0 Å². The third-order valence-electron chi connectivity index (χ3n) is 3.86. The van der Waals surface area contributed by atoms with Crippen molar-refractivity contribution < 1.29 is 14.3 Å². The molecule has 162 valence electrons. The molecule has 3 nitrogen and oxygen atoms in total. The van der Waals surface area contributed by atoms with Crippen LogP contribution in [0.1, 0.15) is 65.7 Å². The van der Waals surface area contributed by atoms with Gasteiger partial charge >= 0.3 is 5.97 Å². The first-order valence-corrected chi connectivity index (χ1v) is 10.9. The highest BCUT2D eigenvalue weighted by molar-refractivity contribution is 5.74. The molecular weight excluding hydrogens is 360 g/mol. The normalized spacial score (nSPS) is 13.9. The molecule has 0 aliphatic heterocycles. The van der Waals surface area contributed by atoms with Gasteiger partial charge in [-0.25, -0.2) is 4.79 Å². The van der Waals surface area contributed by atoms with Crippen LogP contribution in [0.25, 0.3) is 0 Å². The highest BCUT2D eigenvalue weighted by Gasteiger charge is 2.17. The van der Waals surface area contributed by atoms with Gasteiger partial charge in [-0.15, -0.1) is 0 Å². The summed E-state index contributed by atoms with van der Waals surface area (Å²) in [6.07, 6.45) is 31.9. The zero-order chi connectivity index (χ0) is 21.4. The number of hydrogen-bond donors (Lipinski definition) is 0. The molecule has 0 aromatic rings. The Bertz CT molecular complexity index is 550. The Morgan fingerprint density at radius 1 is 0.621 bits per heavy atom. The van der Waals surface area contributed by atoms with Crippen LogP contribution in [0.15, 0.2) is 72.9 Å². The Kier molecular flexibility index (Phi) is 20.5. The van der Waals surface area contributed by atoms with Crippen molar-refractivity contribution in [2.45, 2.75) is 71.8 Å². The lowest BCUT2D eigenvalue weighted by Gasteiger charge is -2.13.